The van der Waals surface area contributed by atoms with E-state index in [1.807, 2.05) is 24.3 Å². The van der Waals surface area contributed by atoms with Crippen LogP contribution >= 0.6 is 0 Å². The minimum Gasteiger partial charge on any atom is -0.456 e. The fourth-order valence-electron chi connectivity index (χ4n) is 2.19. The number of nitrogens with two attached hydrogens (primary N) is 1. The Morgan fingerprint density at radius 2 is 2.00 bits per heavy atom. The third-order valence-corrected chi connectivity index (χ3v) is 3.48. The van der Waals surface area contributed by atoms with Crippen molar-refractivity contribution in [3.63, 3.8) is 0 Å². The molecule has 1 aromatic carbocycles. The number of rotatable bonds is 9. The number of nitrogens with zero attached hydrogens (tertiary/aromatic N) is 1. The van der Waals surface area contributed by atoms with Crippen LogP contribution in [0.4, 0.5) is 0 Å². The van der Waals surface area contributed by atoms with Gasteiger partial charge in [-0.05, 0) is 36.7 Å². The van der Waals surface area contributed by atoms with Gasteiger partial charge in [0.05, 0.1) is 0 Å². The quantitative estimate of drug-likeness (QED) is 0.697. The first-order chi connectivity index (χ1) is 11.2. The SMILES string of the molecule is CCCCCNCc1ccc(Oc2ccncc2C(N)=O)cc1. The van der Waals surface area contributed by atoms with Crippen LogP contribution in [0, 0.1) is 0 Å². The maximum absolute atomic E-state index is 11.4. The second-order valence-corrected chi connectivity index (χ2v) is 5.37. The Kier molecular flexibility index (Phi) is 6.56. The number of unbranched alkanes of at least 4 members (excludes halogenated alkanes) is 2. The molecule has 3 N–H and O–H groups in total. The van der Waals surface area contributed by atoms with E-state index in [2.05, 4.69) is 17.2 Å². The smallest absolute Gasteiger partial charge is 0.254 e. The molecule has 0 aliphatic rings. The van der Waals surface area contributed by atoms with Gasteiger partial charge in [-0.1, -0.05) is 31.9 Å². The molecule has 2 aromatic rings. The second kappa shape index (κ2) is 8.90. The zero-order chi connectivity index (χ0) is 16.5. The Bertz CT molecular complexity index is 626. The minimum atomic E-state index is -0.555. The highest BCUT2D eigenvalue weighted by atomic mass is 16.5. The van der Waals surface area contributed by atoms with Crippen molar-refractivity contribution in [3.8, 4) is 11.5 Å². The van der Waals surface area contributed by atoms with Crippen molar-refractivity contribution in [1.29, 1.82) is 0 Å². The number of hydrogen-bond acceptors (Lipinski definition) is 4. The van der Waals surface area contributed by atoms with Gasteiger partial charge in [-0.2, -0.15) is 0 Å². The molecule has 5 nitrogen and oxygen atoms in total. The van der Waals surface area contributed by atoms with Crippen molar-refractivity contribution in [2.45, 2.75) is 32.7 Å². The molecule has 0 spiro atoms. The fourth-order valence-corrected chi connectivity index (χ4v) is 2.19. The highest BCUT2D eigenvalue weighted by Crippen LogP contribution is 2.24. The highest BCUT2D eigenvalue weighted by molar-refractivity contribution is 5.95. The first kappa shape index (κ1) is 17.0. The molecule has 0 aliphatic heterocycles. The number of primary amides is 1. The topological polar surface area (TPSA) is 77.2 Å². The maximum atomic E-state index is 11.4. The molecule has 23 heavy (non-hydrogen) atoms. The first-order valence-corrected chi connectivity index (χ1v) is 7.92. The molecule has 1 amide bonds. The standard InChI is InChI=1S/C18H23N3O2/c1-2-3-4-10-20-12-14-5-7-15(8-6-14)23-17-9-11-21-13-16(17)18(19)22/h5-9,11,13,20H,2-4,10,12H2,1H3,(H2,19,22). The lowest BCUT2D eigenvalue weighted by molar-refractivity contribution is 0.0997. The summed E-state index contributed by atoms with van der Waals surface area (Å²) in [5.74, 6) is 0.521. The fraction of sp³-hybridized carbons (Fsp3) is 0.333. The third kappa shape index (κ3) is 5.38. The molecule has 0 saturated carbocycles. The van der Waals surface area contributed by atoms with E-state index in [9.17, 15) is 4.79 Å². The molecule has 0 atom stereocenters. The Labute approximate surface area is 136 Å². The van der Waals surface area contributed by atoms with Gasteiger partial charge < -0.3 is 15.8 Å². The molecule has 5 heteroatoms. The van der Waals surface area contributed by atoms with Gasteiger partial charge >= 0.3 is 0 Å². The summed E-state index contributed by atoms with van der Waals surface area (Å²) in [5, 5.41) is 3.42. The van der Waals surface area contributed by atoms with E-state index in [4.69, 9.17) is 10.5 Å². The van der Waals surface area contributed by atoms with Gasteiger partial charge in [0.25, 0.3) is 5.91 Å². The summed E-state index contributed by atoms with van der Waals surface area (Å²) in [7, 11) is 0. The average Bonchev–Trinajstić information content (AvgIpc) is 2.56. The van der Waals surface area contributed by atoms with E-state index in [0.29, 0.717) is 11.5 Å². The number of amides is 1. The van der Waals surface area contributed by atoms with Crippen molar-refractivity contribution in [2.24, 2.45) is 5.73 Å². The van der Waals surface area contributed by atoms with E-state index >= 15 is 0 Å². The van der Waals surface area contributed by atoms with Gasteiger partial charge in [-0.25, -0.2) is 0 Å². The number of carbonyl (C=O) groups is 1. The average molecular weight is 313 g/mol. The predicted molar refractivity (Wildman–Crippen MR) is 90.5 cm³/mol. The van der Waals surface area contributed by atoms with Crippen molar-refractivity contribution < 1.29 is 9.53 Å². The summed E-state index contributed by atoms with van der Waals surface area (Å²) in [6.45, 7) is 4.07. The molecule has 0 fully saturated rings. The number of nitrogens with one attached hydrogen (secondary N) is 1. The van der Waals surface area contributed by atoms with Gasteiger partial charge in [-0.3, -0.25) is 9.78 Å². The van der Waals surface area contributed by atoms with Crippen LogP contribution in [-0.4, -0.2) is 17.4 Å². The van der Waals surface area contributed by atoms with E-state index < -0.39 is 5.91 Å². The van der Waals surface area contributed by atoms with Gasteiger partial charge in [0.15, 0.2) is 0 Å². The highest BCUT2D eigenvalue weighted by Gasteiger charge is 2.09. The zero-order valence-electron chi connectivity index (χ0n) is 13.4. The van der Waals surface area contributed by atoms with E-state index in [-0.39, 0.29) is 5.56 Å². The Morgan fingerprint density at radius 1 is 1.22 bits per heavy atom. The Balaban J connectivity index is 1.91. The minimum absolute atomic E-state index is 0.272. The number of ether oxygens (including phenoxy) is 1. The molecule has 2 rings (SSSR count). The largest absolute Gasteiger partial charge is 0.456 e. The molecule has 1 heterocycles. The van der Waals surface area contributed by atoms with Crippen LogP contribution in [0.15, 0.2) is 42.7 Å². The normalized spacial score (nSPS) is 10.5. The van der Waals surface area contributed by atoms with Gasteiger partial charge in [-0.15, -0.1) is 0 Å². The van der Waals surface area contributed by atoms with Crippen LogP contribution in [0.25, 0.3) is 0 Å². The van der Waals surface area contributed by atoms with Gasteiger partial charge in [0.2, 0.25) is 0 Å². The summed E-state index contributed by atoms with van der Waals surface area (Å²) >= 11 is 0. The molecule has 0 radical (unpaired) electrons. The third-order valence-electron chi connectivity index (χ3n) is 3.48. The maximum Gasteiger partial charge on any atom is 0.254 e. The molecule has 0 unspecified atom stereocenters. The van der Waals surface area contributed by atoms with E-state index in [0.717, 1.165) is 13.1 Å². The van der Waals surface area contributed by atoms with Crippen molar-refractivity contribution in [3.05, 3.63) is 53.9 Å². The summed E-state index contributed by atoms with van der Waals surface area (Å²) in [6.07, 6.45) is 6.67. The first-order valence-electron chi connectivity index (χ1n) is 7.92. The molecule has 122 valence electrons. The summed E-state index contributed by atoms with van der Waals surface area (Å²) in [5.41, 5.74) is 6.78. The van der Waals surface area contributed by atoms with Crippen LogP contribution in [-0.2, 0) is 6.54 Å². The molecule has 0 aliphatic carbocycles. The Hall–Kier alpha value is -2.40. The van der Waals surface area contributed by atoms with Crippen molar-refractivity contribution in [1.82, 2.24) is 10.3 Å². The van der Waals surface area contributed by atoms with Gasteiger partial charge in [0.1, 0.15) is 17.1 Å². The molecular formula is C18H23N3O2. The lowest BCUT2D eigenvalue weighted by Gasteiger charge is -2.09. The lowest BCUT2D eigenvalue weighted by Crippen LogP contribution is -2.14. The monoisotopic (exact) mass is 313 g/mol. The van der Waals surface area contributed by atoms with Crippen LogP contribution in [0.2, 0.25) is 0 Å². The number of pyridine rings is 1. The number of aromatic nitrogens is 1. The number of benzene rings is 1. The predicted octanol–water partition coefficient (Wildman–Crippen LogP) is 3.25. The van der Waals surface area contributed by atoms with Crippen molar-refractivity contribution >= 4 is 5.91 Å². The summed E-state index contributed by atoms with van der Waals surface area (Å²) in [6, 6.07) is 9.41. The van der Waals surface area contributed by atoms with Crippen molar-refractivity contribution in [2.75, 3.05) is 6.54 Å². The Morgan fingerprint density at radius 3 is 2.70 bits per heavy atom. The van der Waals surface area contributed by atoms with Gasteiger partial charge in [0, 0.05) is 18.9 Å². The number of hydrogen-bond donors (Lipinski definition) is 2. The number of carbonyl (C=O) groups excluding carboxylic acids is 1. The van der Waals surface area contributed by atoms with Crippen LogP contribution in [0.5, 0.6) is 11.5 Å². The zero-order valence-corrected chi connectivity index (χ0v) is 13.4. The molecule has 0 saturated heterocycles. The second-order valence-electron chi connectivity index (χ2n) is 5.37. The molecular weight excluding hydrogens is 290 g/mol. The summed E-state index contributed by atoms with van der Waals surface area (Å²) in [4.78, 5) is 15.2. The van der Waals surface area contributed by atoms with Crippen LogP contribution < -0.4 is 15.8 Å². The van der Waals surface area contributed by atoms with E-state index in [1.165, 1.54) is 31.0 Å². The molecule has 0 bridgehead atoms. The molecule has 1 aromatic heterocycles. The summed E-state index contributed by atoms with van der Waals surface area (Å²) < 4.78 is 5.72. The van der Waals surface area contributed by atoms with Crippen LogP contribution in [0.3, 0.4) is 0 Å². The van der Waals surface area contributed by atoms with E-state index in [1.54, 1.807) is 12.3 Å². The van der Waals surface area contributed by atoms with Crippen LogP contribution in [0.1, 0.15) is 42.1 Å². The lowest BCUT2D eigenvalue weighted by atomic mass is 10.2.